The molecule has 162 valence electrons. The maximum absolute atomic E-state index is 12.9. The molecule has 30 heavy (non-hydrogen) atoms. The minimum absolute atomic E-state index is 0.0746. The SMILES string of the molecule is CCOC(=O)c1c(C)[nH]c(C(=O)CSc2nnc(N3CCOCC3)n2C2CC2)c1C. The standard InChI is InChI=1S/C20H27N5O4S/c1-4-29-18(27)16-12(2)17(21-13(16)3)15(26)11-30-20-23-22-19(25(20)14-5-6-14)24-7-9-28-10-8-24/h14,21H,4-11H2,1-3H3. The molecule has 1 aliphatic carbocycles. The Morgan fingerprint density at radius 2 is 1.97 bits per heavy atom. The number of esters is 1. The number of Topliss-reactive ketones (excluding diaryl/α,β-unsaturated/α-hetero) is 1. The quantitative estimate of drug-likeness (QED) is 0.385. The van der Waals surface area contributed by atoms with Crippen LogP contribution in [0.1, 0.15) is 57.9 Å². The molecular weight excluding hydrogens is 406 g/mol. The van der Waals surface area contributed by atoms with Crippen LogP contribution in [-0.4, -0.2) is 70.2 Å². The molecule has 1 N–H and O–H groups in total. The first kappa shape index (κ1) is 20.9. The van der Waals surface area contributed by atoms with E-state index in [0.717, 1.165) is 37.0 Å². The van der Waals surface area contributed by atoms with Gasteiger partial charge in [0, 0.05) is 24.8 Å². The van der Waals surface area contributed by atoms with Gasteiger partial charge in [0.25, 0.3) is 0 Å². The maximum Gasteiger partial charge on any atom is 0.340 e. The average Bonchev–Trinajstić information content (AvgIpc) is 3.42. The summed E-state index contributed by atoms with van der Waals surface area (Å²) in [6, 6.07) is 0.403. The Balaban J connectivity index is 1.49. The molecule has 0 spiro atoms. The Morgan fingerprint density at radius 1 is 1.23 bits per heavy atom. The molecule has 4 rings (SSSR count). The summed E-state index contributed by atoms with van der Waals surface area (Å²) < 4.78 is 12.7. The van der Waals surface area contributed by atoms with E-state index in [1.165, 1.54) is 11.8 Å². The van der Waals surface area contributed by atoms with Crippen molar-refractivity contribution in [2.75, 3.05) is 43.6 Å². The lowest BCUT2D eigenvalue weighted by Gasteiger charge is -2.27. The Labute approximate surface area is 179 Å². The van der Waals surface area contributed by atoms with Crippen molar-refractivity contribution in [3.05, 3.63) is 22.5 Å². The van der Waals surface area contributed by atoms with E-state index >= 15 is 0 Å². The summed E-state index contributed by atoms with van der Waals surface area (Å²) >= 11 is 1.39. The number of hydrogen-bond acceptors (Lipinski definition) is 8. The highest BCUT2D eigenvalue weighted by atomic mass is 32.2. The number of anilines is 1. The number of rotatable bonds is 8. The molecule has 1 saturated heterocycles. The molecule has 2 aromatic heterocycles. The van der Waals surface area contributed by atoms with E-state index in [-0.39, 0.29) is 11.5 Å². The molecule has 2 aromatic rings. The minimum Gasteiger partial charge on any atom is -0.462 e. The first-order chi connectivity index (χ1) is 14.5. The van der Waals surface area contributed by atoms with Crippen LogP contribution in [0.2, 0.25) is 0 Å². The Morgan fingerprint density at radius 3 is 2.63 bits per heavy atom. The topological polar surface area (TPSA) is 102 Å². The van der Waals surface area contributed by atoms with Gasteiger partial charge >= 0.3 is 5.97 Å². The zero-order chi connectivity index (χ0) is 21.3. The van der Waals surface area contributed by atoms with Crippen molar-refractivity contribution in [3.8, 4) is 0 Å². The number of nitrogens with one attached hydrogen (secondary N) is 1. The van der Waals surface area contributed by atoms with E-state index in [0.29, 0.717) is 48.4 Å². The number of aromatic amines is 1. The van der Waals surface area contributed by atoms with Crippen LogP contribution in [-0.2, 0) is 9.47 Å². The molecule has 1 saturated carbocycles. The second kappa shape index (κ2) is 8.81. The van der Waals surface area contributed by atoms with Gasteiger partial charge < -0.3 is 19.4 Å². The number of aryl methyl sites for hydroxylation is 1. The van der Waals surface area contributed by atoms with Crippen molar-refractivity contribution < 1.29 is 19.1 Å². The highest BCUT2D eigenvalue weighted by Gasteiger charge is 2.32. The van der Waals surface area contributed by atoms with Crippen LogP contribution in [0, 0.1) is 13.8 Å². The largest absolute Gasteiger partial charge is 0.462 e. The predicted molar refractivity (Wildman–Crippen MR) is 113 cm³/mol. The molecule has 0 bridgehead atoms. The van der Waals surface area contributed by atoms with Crippen molar-refractivity contribution in [1.82, 2.24) is 19.7 Å². The highest BCUT2D eigenvalue weighted by Crippen LogP contribution is 2.41. The monoisotopic (exact) mass is 433 g/mol. The van der Waals surface area contributed by atoms with Gasteiger partial charge in [-0.1, -0.05) is 11.8 Å². The lowest BCUT2D eigenvalue weighted by atomic mass is 10.1. The molecule has 10 heteroatoms. The van der Waals surface area contributed by atoms with Gasteiger partial charge in [-0.15, -0.1) is 10.2 Å². The highest BCUT2D eigenvalue weighted by molar-refractivity contribution is 7.99. The first-order valence-electron chi connectivity index (χ1n) is 10.3. The van der Waals surface area contributed by atoms with Gasteiger partial charge in [0.1, 0.15) is 0 Å². The molecule has 0 atom stereocenters. The smallest absolute Gasteiger partial charge is 0.340 e. The zero-order valence-electron chi connectivity index (χ0n) is 17.6. The van der Waals surface area contributed by atoms with Crippen molar-refractivity contribution in [1.29, 1.82) is 0 Å². The molecule has 0 amide bonds. The molecular formula is C20H27N5O4S. The number of ketones is 1. The van der Waals surface area contributed by atoms with Crippen LogP contribution in [0.25, 0.3) is 0 Å². The van der Waals surface area contributed by atoms with Gasteiger partial charge in [-0.25, -0.2) is 4.79 Å². The van der Waals surface area contributed by atoms with Crippen LogP contribution in [0.3, 0.4) is 0 Å². The third-order valence-corrected chi connectivity index (χ3v) is 6.32. The minimum atomic E-state index is -0.404. The molecule has 2 fully saturated rings. The number of carbonyl (C=O) groups is 2. The second-order valence-electron chi connectivity index (χ2n) is 7.54. The van der Waals surface area contributed by atoms with Gasteiger partial charge in [-0.2, -0.15) is 0 Å². The van der Waals surface area contributed by atoms with Gasteiger partial charge in [-0.3, -0.25) is 9.36 Å². The lowest BCUT2D eigenvalue weighted by molar-refractivity contribution is 0.0525. The average molecular weight is 434 g/mol. The summed E-state index contributed by atoms with van der Waals surface area (Å²) in [4.78, 5) is 30.4. The van der Waals surface area contributed by atoms with E-state index < -0.39 is 5.97 Å². The van der Waals surface area contributed by atoms with Crippen LogP contribution in [0.15, 0.2) is 5.16 Å². The van der Waals surface area contributed by atoms with Gasteiger partial charge in [0.15, 0.2) is 10.9 Å². The fourth-order valence-corrected chi connectivity index (χ4v) is 4.61. The number of carbonyl (C=O) groups excluding carboxylic acids is 2. The van der Waals surface area contributed by atoms with E-state index in [1.807, 2.05) is 0 Å². The first-order valence-corrected chi connectivity index (χ1v) is 11.3. The Kier molecular flexibility index (Phi) is 6.14. The van der Waals surface area contributed by atoms with Crippen LogP contribution < -0.4 is 4.90 Å². The van der Waals surface area contributed by atoms with Gasteiger partial charge in [0.05, 0.1) is 36.8 Å². The van der Waals surface area contributed by atoms with E-state index in [4.69, 9.17) is 9.47 Å². The van der Waals surface area contributed by atoms with Crippen molar-refractivity contribution in [3.63, 3.8) is 0 Å². The summed E-state index contributed by atoms with van der Waals surface area (Å²) in [5, 5.41) is 9.55. The molecule has 0 unspecified atom stereocenters. The van der Waals surface area contributed by atoms with Crippen LogP contribution in [0.5, 0.6) is 0 Å². The number of thioether (sulfide) groups is 1. The molecule has 2 aliphatic rings. The number of morpholine rings is 1. The summed E-state index contributed by atoms with van der Waals surface area (Å²) in [5.74, 6) is 0.609. The van der Waals surface area contributed by atoms with Crippen LogP contribution >= 0.6 is 11.8 Å². The number of ether oxygens (including phenoxy) is 2. The third kappa shape index (κ3) is 4.11. The number of H-pyrrole nitrogens is 1. The maximum atomic E-state index is 12.9. The fourth-order valence-electron chi connectivity index (χ4n) is 3.74. The number of nitrogens with zero attached hydrogens (tertiary/aromatic N) is 4. The third-order valence-electron chi connectivity index (χ3n) is 5.38. The van der Waals surface area contributed by atoms with Crippen molar-refractivity contribution in [2.24, 2.45) is 0 Å². The van der Waals surface area contributed by atoms with Crippen molar-refractivity contribution in [2.45, 2.75) is 44.8 Å². The second-order valence-corrected chi connectivity index (χ2v) is 8.48. The van der Waals surface area contributed by atoms with Crippen molar-refractivity contribution >= 4 is 29.5 Å². The molecule has 1 aliphatic heterocycles. The number of hydrogen-bond donors (Lipinski definition) is 1. The van der Waals surface area contributed by atoms with E-state index in [2.05, 4.69) is 24.6 Å². The summed E-state index contributed by atoms with van der Waals surface area (Å²) in [6.45, 7) is 8.58. The van der Waals surface area contributed by atoms with Gasteiger partial charge in [-0.05, 0) is 39.2 Å². The van der Waals surface area contributed by atoms with E-state index in [1.54, 1.807) is 20.8 Å². The summed E-state index contributed by atoms with van der Waals surface area (Å²) in [5.41, 5.74) is 2.18. The van der Waals surface area contributed by atoms with E-state index in [9.17, 15) is 9.59 Å². The predicted octanol–water partition coefficient (Wildman–Crippen LogP) is 2.55. The van der Waals surface area contributed by atoms with Crippen LogP contribution in [0.4, 0.5) is 5.95 Å². The lowest BCUT2D eigenvalue weighted by Crippen LogP contribution is -2.38. The Bertz CT molecular complexity index is 943. The molecule has 0 aromatic carbocycles. The number of aromatic nitrogens is 4. The summed E-state index contributed by atoms with van der Waals surface area (Å²) in [6.07, 6.45) is 2.21. The molecule has 3 heterocycles. The summed E-state index contributed by atoms with van der Waals surface area (Å²) in [7, 11) is 0. The fraction of sp³-hybridized carbons (Fsp3) is 0.600. The van der Waals surface area contributed by atoms with Gasteiger partial charge in [0.2, 0.25) is 5.95 Å². The Hall–Kier alpha value is -2.33. The normalized spacial score (nSPS) is 16.7. The zero-order valence-corrected chi connectivity index (χ0v) is 18.4. The molecule has 9 nitrogen and oxygen atoms in total. The molecule has 0 radical (unpaired) electrons.